The third kappa shape index (κ3) is 0.953. The standard InChI is InChI=1S/C11H13N3/c1-14-7-8-3-2-5-12-9-4-6-13-11(14)10(8)9/h4,6-7,12H,2-3,5H2,1H3. The second-order valence-electron chi connectivity index (χ2n) is 3.85. The van der Waals surface area contributed by atoms with Crippen LogP contribution in [0.15, 0.2) is 18.5 Å². The molecule has 3 rings (SSSR count). The molecule has 0 unspecified atom stereocenters. The summed E-state index contributed by atoms with van der Waals surface area (Å²) < 4.78 is 2.11. The molecule has 0 bridgehead atoms. The van der Waals surface area contributed by atoms with Crippen LogP contribution < -0.4 is 5.32 Å². The number of hydrogen-bond donors (Lipinski definition) is 1. The van der Waals surface area contributed by atoms with E-state index in [1.54, 1.807) is 0 Å². The summed E-state index contributed by atoms with van der Waals surface area (Å²) >= 11 is 0. The average molecular weight is 187 g/mol. The predicted molar refractivity (Wildman–Crippen MR) is 57.5 cm³/mol. The van der Waals surface area contributed by atoms with Gasteiger partial charge >= 0.3 is 0 Å². The van der Waals surface area contributed by atoms with Crippen LogP contribution in [0.3, 0.4) is 0 Å². The largest absolute Gasteiger partial charge is 0.384 e. The van der Waals surface area contributed by atoms with Gasteiger partial charge in [0.15, 0.2) is 0 Å². The van der Waals surface area contributed by atoms with Gasteiger partial charge in [0, 0.05) is 37.1 Å². The van der Waals surface area contributed by atoms with E-state index in [-0.39, 0.29) is 0 Å². The van der Waals surface area contributed by atoms with Crippen LogP contribution in [-0.4, -0.2) is 16.1 Å². The lowest BCUT2D eigenvalue weighted by Gasteiger charge is -2.04. The molecule has 0 atom stereocenters. The van der Waals surface area contributed by atoms with E-state index in [2.05, 4.69) is 34.2 Å². The van der Waals surface area contributed by atoms with E-state index in [1.165, 1.54) is 23.1 Å². The van der Waals surface area contributed by atoms with Crippen molar-refractivity contribution in [2.24, 2.45) is 7.05 Å². The van der Waals surface area contributed by atoms with Crippen molar-refractivity contribution in [3.05, 3.63) is 24.0 Å². The van der Waals surface area contributed by atoms with Crippen LogP contribution in [0.2, 0.25) is 0 Å². The van der Waals surface area contributed by atoms with Crippen LogP contribution in [0, 0.1) is 0 Å². The summed E-state index contributed by atoms with van der Waals surface area (Å²) in [6, 6.07) is 2.07. The molecular formula is C11H13N3. The van der Waals surface area contributed by atoms with Crippen molar-refractivity contribution in [1.82, 2.24) is 9.55 Å². The Kier molecular flexibility index (Phi) is 1.54. The zero-order valence-electron chi connectivity index (χ0n) is 8.25. The number of nitrogens with one attached hydrogen (secondary N) is 1. The Morgan fingerprint density at radius 2 is 2.43 bits per heavy atom. The molecule has 0 radical (unpaired) electrons. The number of anilines is 1. The first-order chi connectivity index (χ1) is 6.86. The van der Waals surface area contributed by atoms with Crippen LogP contribution in [0.5, 0.6) is 0 Å². The smallest absolute Gasteiger partial charge is 0.141 e. The van der Waals surface area contributed by atoms with Gasteiger partial charge in [-0.15, -0.1) is 0 Å². The van der Waals surface area contributed by atoms with Gasteiger partial charge in [-0.2, -0.15) is 0 Å². The van der Waals surface area contributed by atoms with Crippen LogP contribution >= 0.6 is 0 Å². The Balaban J connectivity index is 2.42. The van der Waals surface area contributed by atoms with Gasteiger partial charge in [-0.3, -0.25) is 0 Å². The molecule has 14 heavy (non-hydrogen) atoms. The Morgan fingerprint density at radius 1 is 1.50 bits per heavy atom. The predicted octanol–water partition coefficient (Wildman–Crippen LogP) is 1.93. The number of nitrogens with zero attached hydrogens (tertiary/aromatic N) is 2. The lowest BCUT2D eigenvalue weighted by molar-refractivity contribution is 0.862. The second kappa shape index (κ2) is 2.74. The van der Waals surface area contributed by atoms with Crippen molar-refractivity contribution in [2.75, 3.05) is 11.9 Å². The highest BCUT2D eigenvalue weighted by molar-refractivity contribution is 5.93. The van der Waals surface area contributed by atoms with E-state index in [0.717, 1.165) is 18.6 Å². The first-order valence-corrected chi connectivity index (χ1v) is 5.03. The first-order valence-electron chi connectivity index (χ1n) is 5.03. The highest BCUT2D eigenvalue weighted by Gasteiger charge is 2.13. The molecule has 0 aliphatic carbocycles. The molecule has 3 heterocycles. The molecule has 2 aromatic heterocycles. The van der Waals surface area contributed by atoms with Crippen LogP contribution in [0.25, 0.3) is 11.0 Å². The summed E-state index contributed by atoms with van der Waals surface area (Å²) in [4.78, 5) is 4.41. The molecule has 3 heteroatoms. The molecule has 1 N–H and O–H groups in total. The molecule has 0 saturated carbocycles. The van der Waals surface area contributed by atoms with E-state index in [4.69, 9.17) is 0 Å². The molecule has 0 fully saturated rings. The molecule has 0 amide bonds. The summed E-state index contributed by atoms with van der Waals surface area (Å²) in [6.45, 7) is 1.07. The molecular weight excluding hydrogens is 174 g/mol. The molecule has 0 aromatic carbocycles. The molecule has 0 spiro atoms. The first kappa shape index (κ1) is 7.85. The number of pyridine rings is 1. The van der Waals surface area contributed by atoms with Crippen molar-refractivity contribution in [3.63, 3.8) is 0 Å². The minimum atomic E-state index is 1.07. The Hall–Kier alpha value is -1.51. The van der Waals surface area contributed by atoms with Gasteiger partial charge in [0.05, 0.1) is 0 Å². The van der Waals surface area contributed by atoms with E-state index >= 15 is 0 Å². The summed E-state index contributed by atoms with van der Waals surface area (Å²) in [7, 11) is 2.06. The highest BCUT2D eigenvalue weighted by Crippen LogP contribution is 2.29. The molecule has 3 nitrogen and oxygen atoms in total. The highest BCUT2D eigenvalue weighted by atomic mass is 15.0. The van der Waals surface area contributed by atoms with Crippen LogP contribution in [0.4, 0.5) is 5.69 Å². The van der Waals surface area contributed by atoms with Crippen molar-refractivity contribution in [1.29, 1.82) is 0 Å². The van der Waals surface area contributed by atoms with Crippen molar-refractivity contribution in [3.8, 4) is 0 Å². The van der Waals surface area contributed by atoms with Gasteiger partial charge in [0.25, 0.3) is 0 Å². The monoisotopic (exact) mass is 187 g/mol. The van der Waals surface area contributed by atoms with Gasteiger partial charge < -0.3 is 9.88 Å². The number of hydrogen-bond acceptors (Lipinski definition) is 2. The third-order valence-electron chi connectivity index (χ3n) is 2.87. The molecule has 0 saturated heterocycles. The van der Waals surface area contributed by atoms with Crippen molar-refractivity contribution in [2.45, 2.75) is 12.8 Å². The number of rotatable bonds is 0. The summed E-state index contributed by atoms with van der Waals surface area (Å²) in [5, 5.41) is 4.76. The zero-order valence-corrected chi connectivity index (χ0v) is 8.25. The van der Waals surface area contributed by atoms with E-state index in [1.807, 2.05) is 6.20 Å². The number of aryl methyl sites for hydroxylation is 2. The van der Waals surface area contributed by atoms with Crippen molar-refractivity contribution >= 4 is 16.7 Å². The lowest BCUT2D eigenvalue weighted by atomic mass is 10.1. The van der Waals surface area contributed by atoms with Gasteiger partial charge in [-0.1, -0.05) is 0 Å². The molecule has 1 aliphatic rings. The quantitative estimate of drug-likeness (QED) is 0.683. The minimum absolute atomic E-state index is 1.07. The zero-order chi connectivity index (χ0) is 9.54. The maximum Gasteiger partial charge on any atom is 0.141 e. The SMILES string of the molecule is Cn1cc2c3c(ccnc31)NCCC2. The van der Waals surface area contributed by atoms with Gasteiger partial charge in [0.1, 0.15) is 5.65 Å². The summed E-state index contributed by atoms with van der Waals surface area (Å²) in [5.41, 5.74) is 3.76. The van der Waals surface area contributed by atoms with E-state index < -0.39 is 0 Å². The van der Waals surface area contributed by atoms with Crippen molar-refractivity contribution < 1.29 is 0 Å². The van der Waals surface area contributed by atoms with Gasteiger partial charge in [-0.05, 0) is 24.5 Å². The average Bonchev–Trinajstić information content (AvgIpc) is 2.41. The molecule has 72 valence electrons. The fourth-order valence-electron chi connectivity index (χ4n) is 2.23. The summed E-state index contributed by atoms with van der Waals surface area (Å²) in [5.74, 6) is 0. The topological polar surface area (TPSA) is 29.9 Å². The van der Waals surface area contributed by atoms with Crippen LogP contribution in [-0.2, 0) is 13.5 Å². The Morgan fingerprint density at radius 3 is 3.36 bits per heavy atom. The molecule has 2 aromatic rings. The second-order valence-corrected chi connectivity index (χ2v) is 3.85. The Labute approximate surface area is 82.8 Å². The lowest BCUT2D eigenvalue weighted by Crippen LogP contribution is -2.00. The van der Waals surface area contributed by atoms with E-state index in [9.17, 15) is 0 Å². The maximum atomic E-state index is 4.41. The fraction of sp³-hybridized carbons (Fsp3) is 0.364. The van der Waals surface area contributed by atoms with E-state index in [0.29, 0.717) is 0 Å². The van der Waals surface area contributed by atoms with Gasteiger partial charge in [0.2, 0.25) is 0 Å². The number of aromatic nitrogens is 2. The third-order valence-corrected chi connectivity index (χ3v) is 2.87. The Bertz CT molecular complexity index is 484. The normalized spacial score (nSPS) is 15.2. The van der Waals surface area contributed by atoms with Gasteiger partial charge in [-0.25, -0.2) is 4.98 Å². The molecule has 1 aliphatic heterocycles. The minimum Gasteiger partial charge on any atom is -0.384 e. The fourth-order valence-corrected chi connectivity index (χ4v) is 2.23. The van der Waals surface area contributed by atoms with Crippen LogP contribution in [0.1, 0.15) is 12.0 Å². The maximum absolute atomic E-state index is 4.41. The summed E-state index contributed by atoms with van der Waals surface area (Å²) in [6.07, 6.45) is 6.44.